The van der Waals surface area contributed by atoms with Crippen LogP contribution in [0.3, 0.4) is 0 Å². The van der Waals surface area contributed by atoms with Gasteiger partial charge in [-0.1, -0.05) is 42.5 Å². The fraction of sp³-hybridized carbons (Fsp3) is 0.275. The van der Waals surface area contributed by atoms with E-state index in [9.17, 15) is 14.7 Å². The van der Waals surface area contributed by atoms with E-state index >= 15 is 0 Å². The molecule has 3 aromatic carbocycles. The molecule has 6 aromatic rings. The van der Waals surface area contributed by atoms with E-state index in [1.165, 1.54) is 11.3 Å². The maximum atomic E-state index is 14.1. The summed E-state index contributed by atoms with van der Waals surface area (Å²) in [6, 6.07) is 30.4. The molecule has 2 aliphatic heterocycles. The van der Waals surface area contributed by atoms with E-state index in [1.54, 1.807) is 13.2 Å². The molecule has 9 nitrogen and oxygen atoms in total. The Bertz CT molecular complexity index is 2180. The van der Waals surface area contributed by atoms with Crippen LogP contribution in [0, 0.1) is 0 Å². The van der Waals surface area contributed by atoms with Crippen LogP contribution in [0.2, 0.25) is 0 Å². The lowest BCUT2D eigenvalue weighted by molar-refractivity contribution is -0.133. The Morgan fingerprint density at radius 3 is 2.34 bits per heavy atom. The third kappa shape index (κ3) is 6.15. The highest BCUT2D eigenvalue weighted by Gasteiger charge is 2.30. The number of piperidine rings is 1. The summed E-state index contributed by atoms with van der Waals surface area (Å²) in [5.74, 6) is -0.139. The molecule has 3 aromatic heterocycles. The number of ether oxygens (including phenoxy) is 2. The lowest BCUT2D eigenvalue weighted by Gasteiger charge is -2.40. The number of nitrogens with zero attached hydrogens (tertiary/aromatic N) is 4. The molecule has 2 aliphatic rings. The van der Waals surface area contributed by atoms with Crippen LogP contribution in [-0.4, -0.2) is 88.9 Å². The Labute approximate surface area is 294 Å². The molecule has 0 spiro atoms. The van der Waals surface area contributed by atoms with Gasteiger partial charge in [0.2, 0.25) is 5.91 Å². The molecule has 1 amide bonds. The second kappa shape index (κ2) is 13.7. The molecule has 10 heteroatoms. The summed E-state index contributed by atoms with van der Waals surface area (Å²) in [7, 11) is 1.65. The third-order valence-electron chi connectivity index (χ3n) is 10.0. The quantitative estimate of drug-likeness (QED) is 0.180. The van der Waals surface area contributed by atoms with E-state index in [0.29, 0.717) is 19.1 Å². The Morgan fingerprint density at radius 2 is 1.62 bits per heavy atom. The molecule has 8 rings (SSSR count). The first-order valence-electron chi connectivity index (χ1n) is 17.1. The number of hydrogen-bond donors (Lipinski definition) is 1. The highest BCUT2D eigenvalue weighted by Crippen LogP contribution is 2.45. The van der Waals surface area contributed by atoms with E-state index in [4.69, 9.17) is 14.5 Å². The van der Waals surface area contributed by atoms with Crippen LogP contribution < -0.4 is 4.74 Å². The van der Waals surface area contributed by atoms with E-state index in [0.717, 1.165) is 99.7 Å². The van der Waals surface area contributed by atoms with Crippen LogP contribution >= 0.6 is 11.3 Å². The van der Waals surface area contributed by atoms with Crippen molar-refractivity contribution in [3.05, 3.63) is 95.9 Å². The monoisotopic (exact) mass is 686 g/mol. The minimum atomic E-state index is -0.973. The van der Waals surface area contributed by atoms with Gasteiger partial charge >= 0.3 is 5.97 Å². The van der Waals surface area contributed by atoms with Gasteiger partial charge < -0.3 is 24.0 Å². The second-order valence-corrected chi connectivity index (χ2v) is 14.0. The number of rotatable bonds is 8. The number of carbonyl (C=O) groups is 2. The van der Waals surface area contributed by atoms with Crippen molar-refractivity contribution in [3.63, 3.8) is 0 Å². The summed E-state index contributed by atoms with van der Waals surface area (Å²) in [5, 5.41) is 11.0. The first kappa shape index (κ1) is 32.2. The Balaban J connectivity index is 1.19. The average Bonchev–Trinajstić information content (AvgIpc) is 3.73. The summed E-state index contributed by atoms with van der Waals surface area (Å²) in [6.45, 7) is 4.94. The minimum absolute atomic E-state index is 0.0397. The zero-order chi connectivity index (χ0) is 34.2. The summed E-state index contributed by atoms with van der Waals surface area (Å²) in [4.78, 5) is 36.0. The van der Waals surface area contributed by atoms with Crippen LogP contribution in [-0.2, 0) is 16.1 Å². The molecule has 0 radical (unpaired) electrons. The van der Waals surface area contributed by atoms with Crippen molar-refractivity contribution in [2.24, 2.45) is 0 Å². The number of aromatic carboxylic acids is 1. The van der Waals surface area contributed by atoms with E-state index in [2.05, 4.69) is 23.1 Å². The smallest absolute Gasteiger partial charge is 0.345 e. The molecule has 0 bridgehead atoms. The van der Waals surface area contributed by atoms with Crippen molar-refractivity contribution >= 4 is 44.3 Å². The number of amides is 1. The minimum Gasteiger partial charge on any atom is -0.497 e. The number of carboxylic acid groups (broad SMARTS) is 1. The number of fused-ring (bicyclic) bond motifs is 2. The van der Waals surface area contributed by atoms with Crippen molar-refractivity contribution in [2.75, 3.05) is 46.5 Å². The van der Waals surface area contributed by atoms with Gasteiger partial charge in [-0.15, -0.1) is 11.3 Å². The number of carboxylic acids is 1. The number of benzene rings is 3. The molecule has 50 heavy (non-hydrogen) atoms. The first-order chi connectivity index (χ1) is 24.5. The zero-order valence-electron chi connectivity index (χ0n) is 27.9. The second-order valence-electron chi connectivity index (χ2n) is 12.9. The number of carbonyl (C=O) groups excluding carboxylic acids is 1. The van der Waals surface area contributed by atoms with Gasteiger partial charge in [0.25, 0.3) is 0 Å². The van der Waals surface area contributed by atoms with Gasteiger partial charge in [0.05, 0.1) is 47.4 Å². The normalized spacial score (nSPS) is 15.9. The van der Waals surface area contributed by atoms with Crippen molar-refractivity contribution in [2.45, 2.75) is 25.4 Å². The number of morpholine rings is 1. The number of likely N-dealkylation sites (tertiary alicyclic amines) is 1. The summed E-state index contributed by atoms with van der Waals surface area (Å²) in [5.41, 5.74) is 7.21. The standard InChI is InChI=1S/C40H38N4O5S/c1-48-31-11-7-26(8-12-31)32-13-9-28-23-29(10-14-33(28)41-32)38-37(27-5-3-2-4-6-27)39-34(24-35(50-39)40(46)47)44(38)25-36(45)43-17-15-30(16-18-43)42-19-21-49-22-20-42/h2-14,23-24,30H,15-22,25H2,1H3,(H,46,47). The van der Waals surface area contributed by atoms with Crippen LogP contribution in [0.15, 0.2) is 91.0 Å². The maximum absolute atomic E-state index is 14.1. The average molecular weight is 687 g/mol. The summed E-state index contributed by atoms with van der Waals surface area (Å²) >= 11 is 1.26. The molecule has 2 fully saturated rings. The van der Waals surface area contributed by atoms with Gasteiger partial charge in [0.1, 0.15) is 17.2 Å². The lowest BCUT2D eigenvalue weighted by Crippen LogP contribution is -2.50. The van der Waals surface area contributed by atoms with Crippen LogP contribution in [0.4, 0.5) is 0 Å². The van der Waals surface area contributed by atoms with E-state index in [-0.39, 0.29) is 17.3 Å². The molecule has 0 unspecified atom stereocenters. The summed E-state index contributed by atoms with van der Waals surface area (Å²) < 4.78 is 13.8. The Kier molecular flexibility index (Phi) is 8.82. The number of thiophene rings is 1. The Morgan fingerprint density at radius 1 is 0.880 bits per heavy atom. The Hall–Kier alpha value is -5.03. The molecule has 0 atom stereocenters. The van der Waals surface area contributed by atoms with Crippen molar-refractivity contribution in [1.82, 2.24) is 19.4 Å². The van der Waals surface area contributed by atoms with Crippen LogP contribution in [0.5, 0.6) is 5.75 Å². The van der Waals surface area contributed by atoms with Crippen molar-refractivity contribution in [1.29, 1.82) is 0 Å². The van der Waals surface area contributed by atoms with Crippen LogP contribution in [0.1, 0.15) is 22.5 Å². The van der Waals surface area contributed by atoms with E-state index in [1.807, 2.05) is 76.2 Å². The van der Waals surface area contributed by atoms with Crippen LogP contribution in [0.25, 0.3) is 54.8 Å². The molecule has 5 heterocycles. The zero-order valence-corrected chi connectivity index (χ0v) is 28.7. The SMILES string of the molecule is COc1ccc(-c2ccc3cc(-c4c(-c5ccccc5)c5sc(C(=O)O)cc5n4CC(=O)N4CCC(N5CCOCC5)CC4)ccc3n2)cc1. The molecule has 2 saturated heterocycles. The lowest BCUT2D eigenvalue weighted by atomic mass is 9.99. The topological polar surface area (TPSA) is 97.1 Å². The molecular formula is C40H38N4O5S. The first-order valence-corrected chi connectivity index (χ1v) is 17.9. The van der Waals surface area contributed by atoms with Crippen molar-refractivity contribution < 1.29 is 24.2 Å². The molecule has 254 valence electrons. The van der Waals surface area contributed by atoms with E-state index < -0.39 is 5.97 Å². The number of hydrogen-bond acceptors (Lipinski definition) is 7. The number of aromatic nitrogens is 2. The van der Waals surface area contributed by atoms with Crippen molar-refractivity contribution in [3.8, 4) is 39.4 Å². The van der Waals surface area contributed by atoms with Gasteiger partial charge in [-0.25, -0.2) is 9.78 Å². The molecular weight excluding hydrogens is 649 g/mol. The van der Waals surface area contributed by atoms with Gasteiger partial charge in [-0.2, -0.15) is 0 Å². The summed E-state index contributed by atoms with van der Waals surface area (Å²) in [6.07, 6.45) is 1.87. The number of methoxy groups -OCH3 is 1. The molecule has 1 N–H and O–H groups in total. The fourth-order valence-electron chi connectivity index (χ4n) is 7.42. The molecule has 0 aliphatic carbocycles. The third-order valence-corrected chi connectivity index (χ3v) is 11.2. The van der Waals surface area contributed by atoms with Gasteiger partial charge in [0, 0.05) is 48.7 Å². The predicted octanol–water partition coefficient (Wildman–Crippen LogP) is 7.28. The highest BCUT2D eigenvalue weighted by atomic mass is 32.1. The van der Waals surface area contributed by atoms with Gasteiger partial charge in [-0.05, 0) is 72.5 Å². The number of pyridine rings is 1. The fourth-order valence-corrected chi connectivity index (χ4v) is 8.49. The largest absolute Gasteiger partial charge is 0.497 e. The van der Waals surface area contributed by atoms with Gasteiger partial charge in [-0.3, -0.25) is 9.69 Å². The maximum Gasteiger partial charge on any atom is 0.345 e. The van der Waals surface area contributed by atoms with Gasteiger partial charge in [0.15, 0.2) is 0 Å². The predicted molar refractivity (Wildman–Crippen MR) is 197 cm³/mol. The molecule has 0 saturated carbocycles. The highest BCUT2D eigenvalue weighted by molar-refractivity contribution is 7.21.